The minimum absolute atomic E-state index is 0.106. The van der Waals surface area contributed by atoms with Crippen LogP contribution >= 0.6 is 0 Å². The van der Waals surface area contributed by atoms with Crippen molar-refractivity contribution in [3.63, 3.8) is 0 Å². The van der Waals surface area contributed by atoms with Crippen molar-refractivity contribution < 1.29 is 22.5 Å². The molecule has 3 rings (SSSR count). The highest BCUT2D eigenvalue weighted by molar-refractivity contribution is 5.76. The van der Waals surface area contributed by atoms with Gasteiger partial charge in [-0.05, 0) is 38.0 Å². The molecular formula is C20H24F3N3O2. The van der Waals surface area contributed by atoms with E-state index in [1.165, 1.54) is 12.1 Å². The molecule has 8 heteroatoms. The number of alkyl halides is 3. The molecule has 0 bridgehead atoms. The van der Waals surface area contributed by atoms with Crippen LogP contribution in [0.4, 0.5) is 13.2 Å². The smallest absolute Gasteiger partial charge is 0.361 e. The fourth-order valence-electron chi connectivity index (χ4n) is 3.46. The van der Waals surface area contributed by atoms with E-state index in [0.717, 1.165) is 34.7 Å². The zero-order valence-corrected chi connectivity index (χ0v) is 16.1. The van der Waals surface area contributed by atoms with Crippen LogP contribution in [0.25, 0.3) is 0 Å². The number of carbonyl (C=O) groups excluding carboxylic acids is 1. The summed E-state index contributed by atoms with van der Waals surface area (Å²) in [6.07, 6.45) is -3.28. The minimum Gasteiger partial charge on any atom is -0.361 e. The van der Waals surface area contributed by atoms with Gasteiger partial charge in [-0.15, -0.1) is 0 Å². The third kappa shape index (κ3) is 4.92. The summed E-state index contributed by atoms with van der Waals surface area (Å²) in [6, 6.07) is 5.27. The van der Waals surface area contributed by atoms with Crippen LogP contribution in [0.2, 0.25) is 0 Å². The molecule has 152 valence electrons. The second kappa shape index (κ2) is 8.34. The van der Waals surface area contributed by atoms with Gasteiger partial charge in [0.05, 0.1) is 11.3 Å². The number of rotatable bonds is 5. The molecule has 0 aliphatic carbocycles. The molecule has 0 radical (unpaired) electrons. The molecule has 0 spiro atoms. The topological polar surface area (TPSA) is 49.6 Å². The largest absolute Gasteiger partial charge is 0.416 e. The number of amides is 1. The minimum atomic E-state index is -4.31. The van der Waals surface area contributed by atoms with E-state index in [9.17, 15) is 18.0 Å². The standard InChI is InChI=1S/C20H24F3N3O2/c1-14-18(15(2)28-24-14)7-8-19(27)26-11-9-25(10-12-26)13-16-3-5-17(6-4-16)20(21,22)23/h3-6H,7-13H2,1-2H3. The number of nitrogens with zero attached hydrogens (tertiary/aromatic N) is 3. The van der Waals surface area contributed by atoms with Gasteiger partial charge in [0.25, 0.3) is 0 Å². The summed E-state index contributed by atoms with van der Waals surface area (Å²) in [6.45, 7) is 6.97. The van der Waals surface area contributed by atoms with Crippen LogP contribution in [0, 0.1) is 13.8 Å². The lowest BCUT2D eigenvalue weighted by molar-refractivity contribution is -0.137. The SMILES string of the molecule is Cc1noc(C)c1CCC(=O)N1CCN(Cc2ccc(C(F)(F)F)cc2)CC1. The molecule has 1 aliphatic heterocycles. The molecule has 2 aromatic rings. The van der Waals surface area contributed by atoms with E-state index in [0.29, 0.717) is 45.6 Å². The Morgan fingerprint density at radius 1 is 1.11 bits per heavy atom. The Hall–Kier alpha value is -2.35. The van der Waals surface area contributed by atoms with Crippen molar-refractivity contribution in [2.24, 2.45) is 0 Å². The van der Waals surface area contributed by atoms with Gasteiger partial charge in [0.2, 0.25) is 5.91 Å². The van der Waals surface area contributed by atoms with Crippen molar-refractivity contribution in [2.75, 3.05) is 26.2 Å². The zero-order chi connectivity index (χ0) is 20.3. The number of halogens is 3. The van der Waals surface area contributed by atoms with Crippen molar-refractivity contribution in [3.05, 3.63) is 52.4 Å². The van der Waals surface area contributed by atoms with Crippen molar-refractivity contribution in [2.45, 2.75) is 39.4 Å². The van der Waals surface area contributed by atoms with E-state index in [2.05, 4.69) is 10.1 Å². The summed E-state index contributed by atoms with van der Waals surface area (Å²) in [5.41, 5.74) is 2.03. The van der Waals surface area contributed by atoms with Gasteiger partial charge in [0.15, 0.2) is 0 Å². The average molecular weight is 395 g/mol. The molecule has 0 unspecified atom stereocenters. The summed E-state index contributed by atoms with van der Waals surface area (Å²) >= 11 is 0. The monoisotopic (exact) mass is 395 g/mol. The van der Waals surface area contributed by atoms with E-state index in [4.69, 9.17) is 4.52 Å². The molecular weight excluding hydrogens is 371 g/mol. The van der Waals surface area contributed by atoms with Crippen molar-refractivity contribution in [1.29, 1.82) is 0 Å². The Morgan fingerprint density at radius 2 is 1.75 bits per heavy atom. The first-order chi connectivity index (χ1) is 13.2. The molecule has 1 aliphatic rings. The van der Waals surface area contributed by atoms with Crippen LogP contribution in [0.15, 0.2) is 28.8 Å². The molecule has 1 aromatic carbocycles. The highest BCUT2D eigenvalue weighted by atomic mass is 19.4. The number of aromatic nitrogens is 1. The van der Waals surface area contributed by atoms with Crippen molar-refractivity contribution >= 4 is 5.91 Å². The molecule has 1 amide bonds. The summed E-state index contributed by atoms with van der Waals surface area (Å²) in [5.74, 6) is 0.862. The summed E-state index contributed by atoms with van der Waals surface area (Å²) in [5, 5.41) is 3.91. The third-order valence-corrected chi connectivity index (χ3v) is 5.18. The van der Waals surface area contributed by atoms with Crippen molar-refractivity contribution in [1.82, 2.24) is 15.0 Å². The normalized spacial score (nSPS) is 15.8. The average Bonchev–Trinajstić information content (AvgIpc) is 2.98. The maximum atomic E-state index is 12.6. The number of carbonyl (C=O) groups is 1. The first kappa shape index (κ1) is 20.4. The molecule has 1 aromatic heterocycles. The van der Waals surface area contributed by atoms with Gasteiger partial charge in [-0.1, -0.05) is 17.3 Å². The number of benzene rings is 1. The van der Waals surface area contributed by atoms with E-state index < -0.39 is 11.7 Å². The van der Waals surface area contributed by atoms with Crippen LogP contribution in [-0.2, 0) is 23.9 Å². The fraction of sp³-hybridized carbons (Fsp3) is 0.500. The molecule has 0 N–H and O–H groups in total. The second-order valence-corrected chi connectivity index (χ2v) is 7.15. The van der Waals surface area contributed by atoms with Gasteiger partial charge in [-0.2, -0.15) is 13.2 Å². The Kier molecular flexibility index (Phi) is 6.07. The summed E-state index contributed by atoms with van der Waals surface area (Å²) in [4.78, 5) is 16.5. The Balaban J connectivity index is 1.45. The molecule has 1 saturated heterocycles. The van der Waals surface area contributed by atoms with Crippen molar-refractivity contribution in [3.8, 4) is 0 Å². The van der Waals surface area contributed by atoms with E-state index >= 15 is 0 Å². The number of aryl methyl sites for hydroxylation is 2. The van der Waals surface area contributed by atoms with E-state index in [-0.39, 0.29) is 5.91 Å². The Morgan fingerprint density at radius 3 is 2.29 bits per heavy atom. The van der Waals surface area contributed by atoms with Crippen LogP contribution in [-0.4, -0.2) is 47.0 Å². The molecule has 0 saturated carbocycles. The van der Waals surface area contributed by atoms with Gasteiger partial charge in [0.1, 0.15) is 5.76 Å². The maximum Gasteiger partial charge on any atom is 0.416 e. The molecule has 0 atom stereocenters. The highest BCUT2D eigenvalue weighted by Gasteiger charge is 2.30. The maximum absolute atomic E-state index is 12.6. The van der Waals surface area contributed by atoms with E-state index in [1.54, 1.807) is 0 Å². The number of hydrogen-bond donors (Lipinski definition) is 0. The highest BCUT2D eigenvalue weighted by Crippen LogP contribution is 2.29. The summed E-state index contributed by atoms with van der Waals surface area (Å²) in [7, 11) is 0. The Labute approximate surface area is 162 Å². The molecule has 5 nitrogen and oxygen atoms in total. The zero-order valence-electron chi connectivity index (χ0n) is 16.1. The molecule has 28 heavy (non-hydrogen) atoms. The molecule has 1 fully saturated rings. The van der Waals surface area contributed by atoms with E-state index in [1.807, 2.05) is 18.7 Å². The first-order valence-corrected chi connectivity index (χ1v) is 9.32. The quantitative estimate of drug-likeness (QED) is 0.777. The van der Waals surface area contributed by atoms with Gasteiger partial charge in [-0.3, -0.25) is 9.69 Å². The lowest BCUT2D eigenvalue weighted by Gasteiger charge is -2.35. The summed E-state index contributed by atoms with van der Waals surface area (Å²) < 4.78 is 43.0. The van der Waals surface area contributed by atoms with Gasteiger partial charge in [-0.25, -0.2) is 0 Å². The lowest BCUT2D eigenvalue weighted by Crippen LogP contribution is -2.48. The number of hydrogen-bond acceptors (Lipinski definition) is 4. The molecule has 2 heterocycles. The predicted octanol–water partition coefficient (Wildman–Crippen LogP) is 3.59. The van der Waals surface area contributed by atoms with Crippen LogP contribution in [0.5, 0.6) is 0 Å². The van der Waals surface area contributed by atoms with Gasteiger partial charge in [0, 0.05) is 44.7 Å². The van der Waals surface area contributed by atoms with Gasteiger partial charge >= 0.3 is 6.18 Å². The second-order valence-electron chi connectivity index (χ2n) is 7.15. The van der Waals surface area contributed by atoms with Crippen LogP contribution < -0.4 is 0 Å². The van der Waals surface area contributed by atoms with Gasteiger partial charge < -0.3 is 9.42 Å². The third-order valence-electron chi connectivity index (χ3n) is 5.18. The predicted molar refractivity (Wildman–Crippen MR) is 97.6 cm³/mol. The Bertz CT molecular complexity index is 788. The lowest BCUT2D eigenvalue weighted by atomic mass is 10.1. The fourth-order valence-corrected chi connectivity index (χ4v) is 3.46. The first-order valence-electron chi connectivity index (χ1n) is 9.32. The number of piperazine rings is 1. The van der Waals surface area contributed by atoms with Crippen LogP contribution in [0.3, 0.4) is 0 Å². The van der Waals surface area contributed by atoms with Crippen LogP contribution in [0.1, 0.15) is 34.6 Å².